The van der Waals surface area contributed by atoms with Crippen LogP contribution >= 0.6 is 0 Å². The molecule has 154 valence electrons. The number of rotatable bonds is 8. The third kappa shape index (κ3) is 7.84. The van der Waals surface area contributed by atoms with E-state index >= 15 is 0 Å². The molecule has 0 aromatic heterocycles. The van der Waals surface area contributed by atoms with E-state index in [2.05, 4.69) is 10.6 Å². The topological polar surface area (TPSA) is 125 Å². The second-order valence-corrected chi connectivity index (χ2v) is 7.64. The van der Waals surface area contributed by atoms with Crippen molar-refractivity contribution in [2.24, 2.45) is 0 Å². The van der Waals surface area contributed by atoms with E-state index < -0.39 is 41.6 Å². The van der Waals surface area contributed by atoms with Crippen molar-refractivity contribution >= 4 is 23.9 Å². The van der Waals surface area contributed by atoms with Crippen LogP contribution < -0.4 is 10.6 Å². The van der Waals surface area contributed by atoms with Crippen LogP contribution in [-0.2, 0) is 19.1 Å². The molecule has 9 nitrogen and oxygen atoms in total. The van der Waals surface area contributed by atoms with E-state index in [4.69, 9.17) is 4.74 Å². The zero-order valence-electron chi connectivity index (χ0n) is 16.5. The Hall–Kier alpha value is -2.32. The number of carboxylic acids is 1. The number of nitrogens with one attached hydrogen (secondary N) is 2. The highest BCUT2D eigenvalue weighted by molar-refractivity contribution is 5.92. The van der Waals surface area contributed by atoms with Gasteiger partial charge in [0.1, 0.15) is 24.2 Å². The van der Waals surface area contributed by atoms with Crippen molar-refractivity contribution in [3.63, 3.8) is 0 Å². The number of carboxylic acid groups (broad SMARTS) is 1. The van der Waals surface area contributed by atoms with Crippen LogP contribution in [0.2, 0.25) is 0 Å². The van der Waals surface area contributed by atoms with E-state index in [9.17, 15) is 24.3 Å². The molecule has 0 radical (unpaired) electrons. The van der Waals surface area contributed by atoms with Crippen LogP contribution in [0.15, 0.2) is 0 Å². The molecule has 2 atom stereocenters. The number of likely N-dealkylation sites (tertiary alicyclic amines) is 1. The fourth-order valence-electron chi connectivity index (χ4n) is 2.83. The van der Waals surface area contributed by atoms with E-state index in [1.165, 1.54) is 4.90 Å². The number of nitrogens with zero attached hydrogens (tertiary/aromatic N) is 1. The number of carbonyl (C=O) groups is 4. The second kappa shape index (κ2) is 10.1. The smallest absolute Gasteiger partial charge is 0.408 e. The molecular formula is C18H31N3O6. The number of unbranched alkanes of at least 4 members (excludes halogenated alkanes) is 1. The molecule has 1 aliphatic rings. The first-order valence-corrected chi connectivity index (χ1v) is 9.34. The van der Waals surface area contributed by atoms with Gasteiger partial charge < -0.3 is 25.4 Å². The number of carbonyl (C=O) groups excluding carboxylic acids is 3. The van der Waals surface area contributed by atoms with E-state index in [-0.39, 0.29) is 6.54 Å². The molecular weight excluding hydrogens is 354 g/mol. The van der Waals surface area contributed by atoms with Crippen LogP contribution in [0.5, 0.6) is 0 Å². The van der Waals surface area contributed by atoms with Crippen LogP contribution in [0.4, 0.5) is 4.79 Å². The minimum atomic E-state index is -1.08. The minimum absolute atomic E-state index is 0.281. The van der Waals surface area contributed by atoms with Crippen molar-refractivity contribution in [1.29, 1.82) is 0 Å². The van der Waals surface area contributed by atoms with E-state index in [0.717, 1.165) is 6.42 Å². The zero-order chi connectivity index (χ0) is 20.6. The van der Waals surface area contributed by atoms with Crippen LogP contribution in [0.3, 0.4) is 0 Å². The molecule has 0 bridgehead atoms. The Morgan fingerprint density at radius 1 is 1.26 bits per heavy atom. The summed E-state index contributed by atoms with van der Waals surface area (Å²) < 4.78 is 5.08. The summed E-state index contributed by atoms with van der Waals surface area (Å²) >= 11 is 0. The first-order valence-electron chi connectivity index (χ1n) is 9.34. The average Bonchev–Trinajstić information content (AvgIpc) is 3.04. The fraction of sp³-hybridized carbons (Fsp3) is 0.778. The first kappa shape index (κ1) is 22.7. The molecule has 0 aliphatic carbocycles. The minimum Gasteiger partial charge on any atom is -0.480 e. The number of aliphatic carboxylic acids is 1. The van der Waals surface area contributed by atoms with Gasteiger partial charge >= 0.3 is 12.1 Å². The van der Waals surface area contributed by atoms with Gasteiger partial charge in [0.2, 0.25) is 11.8 Å². The summed E-state index contributed by atoms with van der Waals surface area (Å²) in [5.41, 5.74) is -0.673. The molecule has 1 saturated heterocycles. The number of hydrogen-bond acceptors (Lipinski definition) is 5. The average molecular weight is 385 g/mol. The highest BCUT2D eigenvalue weighted by atomic mass is 16.6. The number of alkyl carbamates (subject to hydrolysis) is 1. The van der Waals surface area contributed by atoms with Crippen LogP contribution in [0.25, 0.3) is 0 Å². The second-order valence-electron chi connectivity index (χ2n) is 7.64. The molecule has 1 fully saturated rings. The Kier molecular flexibility index (Phi) is 8.52. The first-order chi connectivity index (χ1) is 12.5. The highest BCUT2D eigenvalue weighted by Crippen LogP contribution is 2.18. The third-order valence-electron chi connectivity index (χ3n) is 4.12. The van der Waals surface area contributed by atoms with Crippen molar-refractivity contribution in [1.82, 2.24) is 15.5 Å². The maximum Gasteiger partial charge on any atom is 0.408 e. The number of hydrogen-bond donors (Lipinski definition) is 3. The maximum absolute atomic E-state index is 12.5. The maximum atomic E-state index is 12.5. The van der Waals surface area contributed by atoms with Gasteiger partial charge in [0, 0.05) is 6.54 Å². The molecule has 9 heteroatoms. The Labute approximate surface area is 159 Å². The predicted octanol–water partition coefficient (Wildman–Crippen LogP) is 1.26. The number of ether oxygens (including phenoxy) is 1. The normalized spacial score (nSPS) is 17.9. The summed E-state index contributed by atoms with van der Waals surface area (Å²) in [6.45, 7) is 7.19. The van der Waals surface area contributed by atoms with Crippen molar-refractivity contribution < 1.29 is 29.0 Å². The Morgan fingerprint density at radius 3 is 2.48 bits per heavy atom. The predicted molar refractivity (Wildman–Crippen MR) is 98.1 cm³/mol. The monoisotopic (exact) mass is 385 g/mol. The van der Waals surface area contributed by atoms with Gasteiger partial charge in [-0.25, -0.2) is 9.59 Å². The quantitative estimate of drug-likeness (QED) is 0.578. The van der Waals surface area contributed by atoms with Gasteiger partial charge in [-0.2, -0.15) is 0 Å². The van der Waals surface area contributed by atoms with E-state index in [1.54, 1.807) is 20.8 Å². The van der Waals surface area contributed by atoms with E-state index in [1.807, 2.05) is 6.92 Å². The largest absolute Gasteiger partial charge is 0.480 e. The van der Waals surface area contributed by atoms with Gasteiger partial charge in [0.25, 0.3) is 0 Å². The molecule has 0 unspecified atom stereocenters. The van der Waals surface area contributed by atoms with Crippen LogP contribution in [-0.4, -0.2) is 64.7 Å². The van der Waals surface area contributed by atoms with Gasteiger partial charge in [-0.15, -0.1) is 0 Å². The lowest BCUT2D eigenvalue weighted by Crippen LogP contribution is -2.52. The lowest BCUT2D eigenvalue weighted by Gasteiger charge is -2.26. The summed E-state index contributed by atoms with van der Waals surface area (Å²) in [5, 5.41) is 14.2. The summed E-state index contributed by atoms with van der Waals surface area (Å²) in [6, 6.07) is -1.68. The molecule has 0 saturated carbocycles. The molecule has 3 amide bonds. The van der Waals surface area contributed by atoms with Gasteiger partial charge in [0.05, 0.1) is 0 Å². The SMILES string of the molecule is CCCC[C@H](NC(=O)[C@@H]1CCCN1C(=O)CNC(=O)OC(C)(C)C)C(=O)O. The Balaban J connectivity index is 2.60. The zero-order valence-corrected chi connectivity index (χ0v) is 16.5. The van der Waals surface area contributed by atoms with Gasteiger partial charge in [-0.05, 0) is 40.0 Å². The third-order valence-corrected chi connectivity index (χ3v) is 4.12. The van der Waals surface area contributed by atoms with E-state index in [0.29, 0.717) is 32.2 Å². The van der Waals surface area contributed by atoms with Crippen molar-refractivity contribution in [3.05, 3.63) is 0 Å². The van der Waals surface area contributed by atoms with Gasteiger partial charge in [0.15, 0.2) is 0 Å². The summed E-state index contributed by atoms with van der Waals surface area (Å²) in [4.78, 5) is 49.2. The molecule has 0 aromatic rings. The van der Waals surface area contributed by atoms with Gasteiger partial charge in [-0.3, -0.25) is 9.59 Å². The fourth-order valence-corrected chi connectivity index (χ4v) is 2.83. The molecule has 1 rings (SSSR count). The molecule has 3 N–H and O–H groups in total. The molecule has 27 heavy (non-hydrogen) atoms. The number of amides is 3. The Bertz CT molecular complexity index is 558. The Morgan fingerprint density at radius 2 is 1.93 bits per heavy atom. The summed E-state index contributed by atoms with van der Waals surface area (Å²) in [7, 11) is 0. The van der Waals surface area contributed by atoms with Crippen molar-refractivity contribution in [3.8, 4) is 0 Å². The lowest BCUT2D eigenvalue weighted by molar-refractivity contribution is -0.143. The summed E-state index contributed by atoms with van der Waals surface area (Å²) in [5.74, 6) is -1.96. The van der Waals surface area contributed by atoms with Crippen LogP contribution in [0.1, 0.15) is 59.8 Å². The molecule has 0 aromatic carbocycles. The summed E-state index contributed by atoms with van der Waals surface area (Å²) in [6.07, 6.45) is 2.25. The standard InChI is InChI=1S/C18H31N3O6/c1-5-6-8-12(16(24)25)20-15(23)13-9-7-10-21(13)14(22)11-19-17(26)27-18(2,3)4/h12-13H,5-11H2,1-4H3,(H,19,26)(H,20,23)(H,24,25)/t12-,13-/m0/s1. The van der Waals surface area contributed by atoms with Crippen molar-refractivity contribution in [2.45, 2.75) is 77.5 Å². The highest BCUT2D eigenvalue weighted by Gasteiger charge is 2.35. The lowest BCUT2D eigenvalue weighted by atomic mass is 10.1. The molecule has 1 aliphatic heterocycles. The van der Waals surface area contributed by atoms with Crippen LogP contribution in [0, 0.1) is 0 Å². The van der Waals surface area contributed by atoms with Crippen molar-refractivity contribution in [2.75, 3.05) is 13.1 Å². The molecule has 1 heterocycles. The molecule has 0 spiro atoms. The van der Waals surface area contributed by atoms with Gasteiger partial charge in [-0.1, -0.05) is 19.8 Å².